The summed E-state index contributed by atoms with van der Waals surface area (Å²) in [4.78, 5) is 0. The first-order valence-electron chi connectivity index (χ1n) is 7.45. The highest BCUT2D eigenvalue weighted by atomic mass is 32.2. The minimum absolute atomic E-state index is 0.141. The molecule has 4 rings (SSSR count). The lowest BCUT2D eigenvalue weighted by Crippen LogP contribution is -2.52. The van der Waals surface area contributed by atoms with Crippen molar-refractivity contribution in [1.29, 1.82) is 0 Å². The predicted molar refractivity (Wildman–Crippen MR) is 83.7 cm³/mol. The minimum Gasteiger partial charge on any atom is -0.754 e. The fourth-order valence-corrected chi connectivity index (χ4v) is 2.51. The Morgan fingerprint density at radius 2 is 1.64 bits per heavy atom. The molecule has 1 atom stereocenters. The molecule has 9 nitrogen and oxygen atoms in total. The molecule has 152 valence electrons. The molecule has 2 aromatic heterocycles. The van der Waals surface area contributed by atoms with Gasteiger partial charge in [-0.25, -0.2) is 0 Å². The summed E-state index contributed by atoms with van der Waals surface area (Å²) >= 11 is -2.85. The number of ether oxygens (including phenoxy) is 2. The van der Waals surface area contributed by atoms with Crippen molar-refractivity contribution in [2.45, 2.75) is 33.0 Å². The van der Waals surface area contributed by atoms with E-state index in [0.717, 1.165) is 29.2 Å². The Hall–Kier alpha value is -2.74. The largest absolute Gasteiger partial charge is 0.754 e. The van der Waals surface area contributed by atoms with Crippen LogP contribution < -0.4 is 9.47 Å². The van der Waals surface area contributed by atoms with Crippen LogP contribution in [0.1, 0.15) is 17.0 Å². The van der Waals surface area contributed by atoms with Crippen LogP contribution in [0, 0.1) is 20.8 Å². The normalized spacial score (nSPS) is 17.7. The first-order valence-corrected chi connectivity index (χ1v) is 8.48. The topological polar surface area (TPSA) is 115 Å². The third-order valence-corrected chi connectivity index (χ3v) is 4.38. The van der Waals surface area contributed by atoms with Crippen molar-refractivity contribution in [2.24, 2.45) is 0 Å². The third kappa shape index (κ3) is 3.40. The number of aromatic nitrogens is 4. The van der Waals surface area contributed by atoms with E-state index >= 15 is 0 Å². The number of benzene rings is 1. The fourth-order valence-electron chi connectivity index (χ4n) is 2.10. The number of hydrogen-bond donors (Lipinski definition) is 0. The van der Waals surface area contributed by atoms with Gasteiger partial charge in [-0.1, -0.05) is 10.4 Å². The quantitative estimate of drug-likeness (QED) is 0.433. The van der Waals surface area contributed by atoms with Crippen molar-refractivity contribution in [2.75, 3.05) is 0 Å². The van der Waals surface area contributed by atoms with Gasteiger partial charge in [-0.3, -0.25) is 4.21 Å². The van der Waals surface area contributed by atoms with E-state index in [1.165, 1.54) is 0 Å². The Labute approximate surface area is 156 Å². The summed E-state index contributed by atoms with van der Waals surface area (Å²) in [6.45, 7) is 5.85. The zero-order valence-corrected chi connectivity index (χ0v) is 15.2. The van der Waals surface area contributed by atoms with Gasteiger partial charge in [-0.05, 0) is 20.8 Å². The smallest absolute Gasteiger partial charge is 0.507 e. The van der Waals surface area contributed by atoms with Crippen LogP contribution >= 0.6 is 0 Å². The molecule has 0 amide bonds. The van der Waals surface area contributed by atoms with Crippen LogP contribution in [0.2, 0.25) is 0 Å². The Bertz CT molecular complexity index is 1050. The maximum Gasteiger partial charge on any atom is 0.507 e. The van der Waals surface area contributed by atoms with Crippen molar-refractivity contribution >= 4 is 22.3 Å². The number of hydrogen-bond acceptors (Lipinski definition) is 8. The van der Waals surface area contributed by atoms with Crippen LogP contribution in [0.5, 0.6) is 11.5 Å². The average Bonchev–Trinajstić information content (AvgIpc) is 3.12. The van der Waals surface area contributed by atoms with Crippen LogP contribution in [0.25, 0.3) is 11.0 Å². The van der Waals surface area contributed by atoms with Gasteiger partial charge in [0.1, 0.15) is 16.8 Å². The molecule has 3 heterocycles. The summed E-state index contributed by atoms with van der Waals surface area (Å²) < 4.78 is 86.4. The van der Waals surface area contributed by atoms with Crippen molar-refractivity contribution in [1.82, 2.24) is 19.6 Å². The van der Waals surface area contributed by atoms with Crippen molar-refractivity contribution < 1.29 is 40.3 Å². The lowest BCUT2D eigenvalue weighted by atomic mass is 10.2. The van der Waals surface area contributed by atoms with Crippen LogP contribution in [0.3, 0.4) is 0 Å². The second-order valence-electron chi connectivity index (χ2n) is 5.65. The molecule has 0 saturated heterocycles. The van der Waals surface area contributed by atoms with Crippen molar-refractivity contribution in [3.63, 3.8) is 0 Å². The minimum atomic E-state index is -4.89. The zero-order chi connectivity index (χ0) is 20.9. The molecule has 0 saturated carbocycles. The first kappa shape index (κ1) is 20.0. The Morgan fingerprint density at radius 3 is 2.07 bits per heavy atom. The van der Waals surface area contributed by atoms with E-state index in [0.29, 0.717) is 4.09 Å². The molecule has 1 aliphatic rings. The van der Waals surface area contributed by atoms with E-state index in [-0.39, 0.29) is 11.0 Å². The molecule has 3 aromatic rings. The molecule has 0 N–H and O–H groups in total. The number of rotatable bonds is 1. The molecule has 14 heteroatoms. The average molecular weight is 423 g/mol. The van der Waals surface area contributed by atoms with Crippen LogP contribution in [0.4, 0.5) is 17.6 Å². The molecule has 0 aliphatic carbocycles. The molecule has 0 radical (unpaired) electrons. The van der Waals surface area contributed by atoms with E-state index in [2.05, 4.69) is 24.9 Å². The number of aryl methyl sites for hydroxylation is 2. The maximum atomic E-state index is 13.0. The molecule has 1 aliphatic heterocycles. The second kappa shape index (κ2) is 6.70. The van der Waals surface area contributed by atoms with Crippen LogP contribution in [-0.2, 0) is 11.3 Å². The molecule has 0 fully saturated rings. The summed E-state index contributed by atoms with van der Waals surface area (Å²) in [6, 6.07) is 1.59. The Kier molecular flexibility index (Phi) is 4.79. The summed E-state index contributed by atoms with van der Waals surface area (Å²) in [7, 11) is 0. The lowest BCUT2D eigenvalue weighted by molar-refractivity contribution is -0.391. The number of halogens is 4. The lowest BCUT2D eigenvalue weighted by Gasteiger charge is -2.31. The fraction of sp³-hybridized carbons (Fsp3) is 0.357. The Balaban J connectivity index is 0.000000236. The highest BCUT2D eigenvalue weighted by Gasteiger charge is 2.66. The summed E-state index contributed by atoms with van der Waals surface area (Å²) in [5.41, 5.74) is 1.78. The molecular weight excluding hydrogens is 412 g/mol. The molecule has 1 aromatic carbocycles. The SMILES string of the molecule is Cc1noc(C)c1C.O=S([O-])n1nnc2cc3c(cc21)OC(F)(F)C(F)(F)O3. The molecular formula is C14H11F4N4O5S-. The number of fused-ring (bicyclic) bond motifs is 2. The van der Waals surface area contributed by atoms with Crippen LogP contribution in [0.15, 0.2) is 16.7 Å². The summed E-state index contributed by atoms with van der Waals surface area (Å²) in [5.74, 6) is -0.526. The zero-order valence-electron chi connectivity index (χ0n) is 14.4. The molecule has 28 heavy (non-hydrogen) atoms. The predicted octanol–water partition coefficient (Wildman–Crippen LogP) is 2.63. The van der Waals surface area contributed by atoms with Gasteiger partial charge in [0, 0.05) is 17.7 Å². The molecule has 0 bridgehead atoms. The van der Waals surface area contributed by atoms with E-state index < -0.39 is 35.0 Å². The maximum absolute atomic E-state index is 13.0. The third-order valence-electron chi connectivity index (χ3n) is 3.83. The monoisotopic (exact) mass is 423 g/mol. The van der Waals surface area contributed by atoms with Crippen molar-refractivity contribution in [3.05, 3.63) is 29.2 Å². The molecule has 1 unspecified atom stereocenters. The Morgan fingerprint density at radius 1 is 1.07 bits per heavy atom. The van der Waals surface area contributed by atoms with E-state index in [1.807, 2.05) is 20.8 Å². The second-order valence-corrected chi connectivity index (χ2v) is 6.43. The van der Waals surface area contributed by atoms with Gasteiger partial charge >= 0.3 is 12.2 Å². The molecule has 0 spiro atoms. The van der Waals surface area contributed by atoms with Crippen LogP contribution in [-0.4, -0.2) is 40.5 Å². The van der Waals surface area contributed by atoms with Gasteiger partial charge in [0.2, 0.25) is 0 Å². The van der Waals surface area contributed by atoms with Gasteiger partial charge in [-0.2, -0.15) is 21.6 Å². The van der Waals surface area contributed by atoms with Crippen molar-refractivity contribution in [3.8, 4) is 11.5 Å². The van der Waals surface area contributed by atoms with Gasteiger partial charge in [0.15, 0.2) is 11.5 Å². The number of nitrogens with zero attached hydrogens (tertiary/aromatic N) is 4. The van der Waals surface area contributed by atoms with Gasteiger partial charge in [0.05, 0.1) is 17.0 Å². The van der Waals surface area contributed by atoms with Gasteiger partial charge < -0.3 is 18.5 Å². The first-order chi connectivity index (χ1) is 12.9. The summed E-state index contributed by atoms with van der Waals surface area (Å²) in [6.07, 6.45) is -9.74. The van der Waals surface area contributed by atoms with E-state index in [4.69, 9.17) is 4.52 Å². The summed E-state index contributed by atoms with van der Waals surface area (Å²) in [5, 5.41) is 10.3. The van der Waals surface area contributed by atoms with E-state index in [9.17, 15) is 26.3 Å². The number of alkyl halides is 4. The highest BCUT2D eigenvalue weighted by Crippen LogP contribution is 2.47. The van der Waals surface area contributed by atoms with Gasteiger partial charge in [0.25, 0.3) is 0 Å². The standard InChI is InChI=1S/C8H3F4N3O4S.C6H9NO/c9-7(10)8(11,12)19-6-2-4-3(1-5(6)18-7)13-14-15(4)20(16)17;1-4-5(2)7-8-6(4)3/h1-2H,(H,16,17);1-3H3/p-1. The van der Waals surface area contributed by atoms with Gasteiger partial charge in [-0.15, -0.1) is 5.10 Å². The highest BCUT2D eigenvalue weighted by molar-refractivity contribution is 7.77. The van der Waals surface area contributed by atoms with E-state index in [1.54, 1.807) is 0 Å².